The van der Waals surface area contributed by atoms with Crippen molar-refractivity contribution in [2.24, 2.45) is 0 Å². The molecule has 1 aliphatic rings. The van der Waals surface area contributed by atoms with Crippen LogP contribution < -0.4 is 0 Å². The first-order valence-corrected chi connectivity index (χ1v) is 4.92. The third-order valence-corrected chi connectivity index (χ3v) is 2.22. The first-order valence-electron chi connectivity index (χ1n) is 4.92. The van der Waals surface area contributed by atoms with Gasteiger partial charge < -0.3 is 29.9 Å². The Hall–Kier alpha value is -0.730. The zero-order valence-electron chi connectivity index (χ0n) is 8.98. The molecule has 1 aliphatic heterocycles. The van der Waals surface area contributed by atoms with Crippen molar-refractivity contribution in [3.05, 3.63) is 0 Å². The summed E-state index contributed by atoms with van der Waals surface area (Å²) in [6.45, 7) is 3.34. The minimum Gasteiger partial charge on any atom is -0.479 e. The van der Waals surface area contributed by atoms with Crippen LogP contribution in [0.5, 0.6) is 0 Å². The molecule has 0 spiro atoms. The number of aliphatic hydroxyl groups excluding tert-OH is 3. The lowest BCUT2D eigenvalue weighted by Gasteiger charge is -2.39. The molecule has 1 saturated heterocycles. The van der Waals surface area contributed by atoms with Crippen LogP contribution in [0.15, 0.2) is 0 Å². The van der Waals surface area contributed by atoms with Gasteiger partial charge in [0.15, 0.2) is 12.4 Å². The fourth-order valence-electron chi connectivity index (χ4n) is 1.43. The molecule has 0 radical (unpaired) electrons. The predicted molar refractivity (Wildman–Crippen MR) is 50.5 cm³/mol. The third kappa shape index (κ3) is 2.69. The van der Waals surface area contributed by atoms with Gasteiger partial charge in [0.25, 0.3) is 0 Å². The smallest absolute Gasteiger partial charge is 0.335 e. The van der Waals surface area contributed by atoms with Gasteiger partial charge in [-0.3, -0.25) is 0 Å². The SMILES string of the molecule is CC(C)OC1OC(C(=O)O)[C@@H](O)C(O)[C@H]1O. The van der Waals surface area contributed by atoms with Crippen LogP contribution in [0.25, 0.3) is 0 Å². The number of rotatable bonds is 3. The lowest BCUT2D eigenvalue weighted by molar-refractivity contribution is -0.301. The first kappa shape index (κ1) is 13.3. The van der Waals surface area contributed by atoms with Gasteiger partial charge in [0, 0.05) is 0 Å². The molecule has 0 aromatic heterocycles. The van der Waals surface area contributed by atoms with Crippen LogP contribution in [0, 0.1) is 0 Å². The van der Waals surface area contributed by atoms with E-state index in [4.69, 9.17) is 14.6 Å². The summed E-state index contributed by atoms with van der Waals surface area (Å²) >= 11 is 0. The molecule has 94 valence electrons. The maximum atomic E-state index is 10.7. The van der Waals surface area contributed by atoms with E-state index in [-0.39, 0.29) is 6.10 Å². The maximum Gasteiger partial charge on any atom is 0.335 e. The molecule has 7 nitrogen and oxygen atoms in total. The average Bonchev–Trinajstić information content (AvgIpc) is 2.18. The molecular weight excluding hydrogens is 220 g/mol. The number of ether oxygens (including phenoxy) is 2. The molecule has 0 amide bonds. The minimum atomic E-state index is -1.68. The molecule has 0 bridgehead atoms. The number of carboxylic acid groups (broad SMARTS) is 1. The summed E-state index contributed by atoms with van der Waals surface area (Å²) < 4.78 is 9.97. The van der Waals surface area contributed by atoms with Crippen LogP contribution in [0.2, 0.25) is 0 Å². The van der Waals surface area contributed by atoms with Crippen LogP contribution in [-0.4, -0.2) is 63.2 Å². The van der Waals surface area contributed by atoms with Crippen molar-refractivity contribution in [1.82, 2.24) is 0 Å². The summed E-state index contributed by atoms with van der Waals surface area (Å²) in [6, 6.07) is 0. The fourth-order valence-corrected chi connectivity index (χ4v) is 1.43. The topological polar surface area (TPSA) is 116 Å². The molecule has 3 unspecified atom stereocenters. The Morgan fingerprint density at radius 2 is 1.75 bits per heavy atom. The van der Waals surface area contributed by atoms with Gasteiger partial charge in [-0.1, -0.05) is 0 Å². The van der Waals surface area contributed by atoms with Gasteiger partial charge in [-0.2, -0.15) is 0 Å². The van der Waals surface area contributed by atoms with Gasteiger partial charge in [0.2, 0.25) is 0 Å². The molecule has 1 heterocycles. The van der Waals surface area contributed by atoms with Gasteiger partial charge in [0.05, 0.1) is 6.10 Å². The van der Waals surface area contributed by atoms with E-state index in [0.717, 1.165) is 0 Å². The van der Waals surface area contributed by atoms with Crippen molar-refractivity contribution < 1.29 is 34.7 Å². The molecule has 0 aromatic rings. The molecule has 1 rings (SSSR count). The summed E-state index contributed by atoms with van der Waals surface area (Å²) in [5.41, 5.74) is 0. The van der Waals surface area contributed by atoms with Crippen molar-refractivity contribution in [2.45, 2.75) is 50.7 Å². The lowest BCUT2D eigenvalue weighted by Crippen LogP contribution is -2.60. The van der Waals surface area contributed by atoms with Crippen LogP contribution in [-0.2, 0) is 14.3 Å². The number of aliphatic hydroxyl groups is 3. The van der Waals surface area contributed by atoms with Gasteiger partial charge in [-0.15, -0.1) is 0 Å². The number of carboxylic acids is 1. The van der Waals surface area contributed by atoms with E-state index in [2.05, 4.69) is 0 Å². The van der Waals surface area contributed by atoms with E-state index in [0.29, 0.717) is 0 Å². The molecule has 0 aromatic carbocycles. The van der Waals surface area contributed by atoms with Crippen molar-refractivity contribution in [3.8, 4) is 0 Å². The van der Waals surface area contributed by atoms with Crippen LogP contribution in [0.4, 0.5) is 0 Å². The van der Waals surface area contributed by atoms with Crippen LogP contribution in [0.1, 0.15) is 13.8 Å². The van der Waals surface area contributed by atoms with Gasteiger partial charge in [0.1, 0.15) is 18.3 Å². The average molecular weight is 236 g/mol. The molecule has 4 N–H and O–H groups in total. The Balaban J connectivity index is 2.77. The third-order valence-electron chi connectivity index (χ3n) is 2.22. The van der Waals surface area contributed by atoms with E-state index >= 15 is 0 Å². The number of hydrogen-bond acceptors (Lipinski definition) is 6. The highest BCUT2D eigenvalue weighted by atomic mass is 16.7. The molecular formula is C9H16O7. The number of hydrogen-bond donors (Lipinski definition) is 4. The highest BCUT2D eigenvalue weighted by molar-refractivity contribution is 5.73. The fraction of sp³-hybridized carbons (Fsp3) is 0.889. The van der Waals surface area contributed by atoms with Crippen molar-refractivity contribution in [3.63, 3.8) is 0 Å². The van der Waals surface area contributed by atoms with E-state index < -0.39 is 36.7 Å². The van der Waals surface area contributed by atoms with Crippen LogP contribution in [0.3, 0.4) is 0 Å². The Morgan fingerprint density at radius 3 is 2.19 bits per heavy atom. The minimum absolute atomic E-state index is 0.309. The lowest BCUT2D eigenvalue weighted by atomic mass is 9.99. The molecule has 1 fully saturated rings. The highest BCUT2D eigenvalue weighted by Gasteiger charge is 2.47. The second-order valence-corrected chi connectivity index (χ2v) is 3.92. The standard InChI is InChI=1S/C9H16O7/c1-3(2)15-9-6(12)4(10)5(11)7(16-9)8(13)14/h3-7,9-12H,1-2H3,(H,13,14)/t4?,5-,6+,7?,9?/m0/s1. The first-order chi connectivity index (χ1) is 7.34. The van der Waals surface area contributed by atoms with Crippen molar-refractivity contribution in [1.29, 1.82) is 0 Å². The van der Waals surface area contributed by atoms with E-state index in [1.807, 2.05) is 0 Å². The molecule has 0 aliphatic carbocycles. The van der Waals surface area contributed by atoms with Crippen molar-refractivity contribution >= 4 is 5.97 Å². The number of carbonyl (C=O) groups is 1. The van der Waals surface area contributed by atoms with Gasteiger partial charge >= 0.3 is 5.97 Å². The van der Waals surface area contributed by atoms with Crippen molar-refractivity contribution in [2.75, 3.05) is 0 Å². The molecule has 5 atom stereocenters. The van der Waals surface area contributed by atoms with Gasteiger partial charge in [-0.25, -0.2) is 4.79 Å². The summed E-state index contributed by atoms with van der Waals surface area (Å²) in [6.07, 6.45) is -7.95. The van der Waals surface area contributed by atoms with E-state index in [1.165, 1.54) is 0 Å². The Kier molecular flexibility index (Phi) is 4.22. The van der Waals surface area contributed by atoms with Gasteiger partial charge in [-0.05, 0) is 13.8 Å². The Morgan fingerprint density at radius 1 is 1.19 bits per heavy atom. The highest BCUT2D eigenvalue weighted by Crippen LogP contribution is 2.23. The van der Waals surface area contributed by atoms with E-state index in [1.54, 1.807) is 13.8 Å². The van der Waals surface area contributed by atoms with E-state index in [9.17, 15) is 20.1 Å². The Bertz CT molecular complexity index is 254. The number of aliphatic carboxylic acids is 1. The summed E-state index contributed by atoms with van der Waals surface area (Å²) in [5.74, 6) is -1.42. The maximum absolute atomic E-state index is 10.7. The molecule has 7 heteroatoms. The monoisotopic (exact) mass is 236 g/mol. The zero-order valence-corrected chi connectivity index (χ0v) is 8.98. The summed E-state index contributed by atoms with van der Waals surface area (Å²) in [7, 11) is 0. The molecule has 16 heavy (non-hydrogen) atoms. The van der Waals surface area contributed by atoms with Crippen LogP contribution >= 0.6 is 0 Å². The second kappa shape index (κ2) is 5.07. The normalized spacial score (nSPS) is 40.0. The zero-order chi connectivity index (χ0) is 12.5. The second-order valence-electron chi connectivity index (χ2n) is 3.92. The summed E-state index contributed by atoms with van der Waals surface area (Å²) in [4.78, 5) is 10.7. The largest absolute Gasteiger partial charge is 0.479 e. The molecule has 0 saturated carbocycles. The quantitative estimate of drug-likeness (QED) is 0.461. The Labute approximate surface area is 92.2 Å². The summed E-state index contributed by atoms with van der Waals surface area (Å²) in [5, 5.41) is 37.0. The predicted octanol–water partition coefficient (Wildman–Crippen LogP) is -1.70.